The van der Waals surface area contributed by atoms with Crippen LogP contribution in [0.4, 0.5) is 5.69 Å². The Morgan fingerprint density at radius 1 is 1.12 bits per heavy atom. The highest BCUT2D eigenvalue weighted by Gasteiger charge is 2.39. The second kappa shape index (κ2) is 7.04. The highest BCUT2D eigenvalue weighted by Crippen LogP contribution is 2.24. The Labute approximate surface area is 149 Å². The summed E-state index contributed by atoms with van der Waals surface area (Å²) in [7, 11) is 0. The van der Waals surface area contributed by atoms with Gasteiger partial charge in [0.15, 0.2) is 0 Å². The third-order valence-corrected chi connectivity index (χ3v) is 4.23. The van der Waals surface area contributed by atoms with Crippen LogP contribution in [0.2, 0.25) is 5.02 Å². The molecule has 0 unspecified atom stereocenters. The van der Waals surface area contributed by atoms with Gasteiger partial charge in [-0.1, -0.05) is 29.8 Å². The Kier molecular flexibility index (Phi) is 4.83. The van der Waals surface area contributed by atoms with Crippen LogP contribution in [0, 0.1) is 6.92 Å². The Balaban J connectivity index is 1.67. The van der Waals surface area contributed by atoms with Gasteiger partial charge in [0.05, 0.1) is 12.1 Å². The number of halogens is 1. The van der Waals surface area contributed by atoms with Gasteiger partial charge in [-0.05, 0) is 42.8 Å². The normalized spacial score (nSPS) is 17.0. The maximum absolute atomic E-state index is 12.5. The second-order valence-electron chi connectivity index (χ2n) is 5.71. The Bertz CT molecular complexity index is 836. The molecule has 2 N–H and O–H groups in total. The van der Waals surface area contributed by atoms with Crippen LogP contribution < -0.4 is 15.8 Å². The van der Waals surface area contributed by atoms with E-state index in [0.29, 0.717) is 16.3 Å². The summed E-state index contributed by atoms with van der Waals surface area (Å²) in [6.45, 7) is 1.82. The zero-order valence-electron chi connectivity index (χ0n) is 13.5. The first-order chi connectivity index (χ1) is 12.0. The average molecular weight is 358 g/mol. The van der Waals surface area contributed by atoms with Gasteiger partial charge in [-0.15, -0.1) is 0 Å². The molecule has 0 aromatic heterocycles. The van der Waals surface area contributed by atoms with Crippen molar-refractivity contribution in [3.63, 3.8) is 0 Å². The van der Waals surface area contributed by atoms with Gasteiger partial charge in [-0.3, -0.25) is 19.8 Å². The number of nitrogens with one attached hydrogen (secondary N) is 2. The predicted octanol–water partition coefficient (Wildman–Crippen LogP) is 2.21. The Morgan fingerprint density at radius 3 is 2.48 bits per heavy atom. The lowest BCUT2D eigenvalue weighted by atomic mass is 10.1. The maximum Gasteiger partial charge on any atom is 0.265 e. The molecule has 2 aromatic rings. The zero-order valence-corrected chi connectivity index (χ0v) is 14.2. The minimum absolute atomic E-state index is 0.0322. The van der Waals surface area contributed by atoms with E-state index in [-0.39, 0.29) is 18.2 Å². The fraction of sp³-hybridized carbons (Fsp3) is 0.167. The first kappa shape index (κ1) is 17.1. The van der Waals surface area contributed by atoms with Crippen LogP contribution in [0.1, 0.15) is 22.3 Å². The van der Waals surface area contributed by atoms with E-state index in [1.165, 1.54) is 0 Å². The van der Waals surface area contributed by atoms with Gasteiger partial charge in [-0.2, -0.15) is 0 Å². The van der Waals surface area contributed by atoms with Crippen LogP contribution in [-0.4, -0.2) is 23.8 Å². The van der Waals surface area contributed by atoms with E-state index in [4.69, 9.17) is 11.6 Å². The number of carbonyl (C=O) groups excluding carboxylic acids is 3. The molecule has 1 saturated heterocycles. The molecule has 6 nitrogen and oxygen atoms in total. The topological polar surface area (TPSA) is 78.5 Å². The minimum atomic E-state index is -0.809. The summed E-state index contributed by atoms with van der Waals surface area (Å²) in [4.78, 5) is 37.9. The number of anilines is 1. The molecule has 128 valence electrons. The molecular weight excluding hydrogens is 342 g/mol. The third-order valence-electron chi connectivity index (χ3n) is 3.98. The van der Waals surface area contributed by atoms with Gasteiger partial charge in [0.25, 0.3) is 11.8 Å². The standard InChI is InChI=1S/C18H16ClN3O3/c1-11-4-2-3-5-14(11)17(24)21-20-15-10-16(23)22(18(15)25)13-8-6-12(19)7-9-13/h2-9,15,20H,10H2,1H3,(H,21,24)/t15-/m1/s1. The average Bonchev–Trinajstić information content (AvgIpc) is 2.88. The zero-order chi connectivity index (χ0) is 18.0. The molecule has 2 aromatic carbocycles. The third kappa shape index (κ3) is 3.55. The van der Waals surface area contributed by atoms with E-state index in [2.05, 4.69) is 10.9 Å². The summed E-state index contributed by atoms with van der Waals surface area (Å²) in [5, 5.41) is 0.517. The molecule has 1 aliphatic heterocycles. The van der Waals surface area contributed by atoms with Crippen molar-refractivity contribution in [2.45, 2.75) is 19.4 Å². The number of carbonyl (C=O) groups is 3. The number of hydrogen-bond acceptors (Lipinski definition) is 4. The monoisotopic (exact) mass is 357 g/mol. The largest absolute Gasteiger partial charge is 0.287 e. The summed E-state index contributed by atoms with van der Waals surface area (Å²) in [6, 6.07) is 12.7. The summed E-state index contributed by atoms with van der Waals surface area (Å²) < 4.78 is 0. The van der Waals surface area contributed by atoms with Gasteiger partial charge < -0.3 is 0 Å². The lowest BCUT2D eigenvalue weighted by Crippen LogP contribution is -2.48. The first-order valence-corrected chi connectivity index (χ1v) is 8.09. The minimum Gasteiger partial charge on any atom is -0.287 e. The van der Waals surface area contributed by atoms with Crippen LogP contribution in [-0.2, 0) is 9.59 Å². The van der Waals surface area contributed by atoms with Gasteiger partial charge in [-0.25, -0.2) is 10.3 Å². The summed E-state index contributed by atoms with van der Waals surface area (Å²) in [5.74, 6) is -1.12. The van der Waals surface area contributed by atoms with Crippen molar-refractivity contribution in [3.8, 4) is 0 Å². The van der Waals surface area contributed by atoms with E-state index in [0.717, 1.165) is 10.5 Å². The number of imide groups is 1. The number of amides is 3. The molecule has 25 heavy (non-hydrogen) atoms. The summed E-state index contributed by atoms with van der Waals surface area (Å²) >= 11 is 5.83. The van der Waals surface area contributed by atoms with Crippen molar-refractivity contribution >= 4 is 35.0 Å². The van der Waals surface area contributed by atoms with Crippen LogP contribution in [0.25, 0.3) is 0 Å². The fourth-order valence-corrected chi connectivity index (χ4v) is 2.78. The number of hydrogen-bond donors (Lipinski definition) is 2. The quantitative estimate of drug-likeness (QED) is 0.649. The number of hydrazine groups is 1. The molecule has 1 heterocycles. The van der Waals surface area contributed by atoms with Crippen molar-refractivity contribution < 1.29 is 14.4 Å². The van der Waals surface area contributed by atoms with Crippen LogP contribution in [0.5, 0.6) is 0 Å². The molecule has 1 aliphatic rings. The highest BCUT2D eigenvalue weighted by atomic mass is 35.5. The van der Waals surface area contributed by atoms with Crippen molar-refractivity contribution in [1.29, 1.82) is 0 Å². The maximum atomic E-state index is 12.5. The number of rotatable bonds is 4. The molecule has 0 spiro atoms. The van der Waals surface area contributed by atoms with E-state index < -0.39 is 11.9 Å². The van der Waals surface area contributed by atoms with Gasteiger partial charge in [0.1, 0.15) is 6.04 Å². The summed E-state index contributed by atoms with van der Waals surface area (Å²) in [6.07, 6.45) is -0.0322. The predicted molar refractivity (Wildman–Crippen MR) is 94.1 cm³/mol. The molecule has 0 bridgehead atoms. The molecule has 0 saturated carbocycles. The fourth-order valence-electron chi connectivity index (χ4n) is 2.65. The smallest absolute Gasteiger partial charge is 0.265 e. The lowest BCUT2D eigenvalue weighted by Gasteiger charge is -2.16. The molecule has 3 rings (SSSR count). The molecule has 0 radical (unpaired) electrons. The van der Waals surface area contributed by atoms with Gasteiger partial charge in [0.2, 0.25) is 5.91 Å². The molecule has 1 atom stereocenters. The Morgan fingerprint density at radius 2 is 1.80 bits per heavy atom. The van der Waals surface area contributed by atoms with Gasteiger partial charge in [0, 0.05) is 10.6 Å². The van der Waals surface area contributed by atoms with E-state index in [9.17, 15) is 14.4 Å². The van der Waals surface area contributed by atoms with Crippen LogP contribution in [0.15, 0.2) is 48.5 Å². The molecule has 7 heteroatoms. The van der Waals surface area contributed by atoms with Crippen LogP contribution in [0.3, 0.4) is 0 Å². The van der Waals surface area contributed by atoms with E-state index >= 15 is 0 Å². The van der Waals surface area contributed by atoms with Crippen molar-refractivity contribution in [1.82, 2.24) is 10.9 Å². The van der Waals surface area contributed by atoms with E-state index in [1.54, 1.807) is 36.4 Å². The van der Waals surface area contributed by atoms with E-state index in [1.807, 2.05) is 19.1 Å². The van der Waals surface area contributed by atoms with Crippen molar-refractivity contribution in [3.05, 3.63) is 64.7 Å². The molecule has 0 aliphatic carbocycles. The summed E-state index contributed by atoms with van der Waals surface area (Å²) in [5.41, 5.74) is 6.94. The number of benzene rings is 2. The SMILES string of the molecule is Cc1ccccc1C(=O)NN[C@@H]1CC(=O)N(c2ccc(Cl)cc2)C1=O. The first-order valence-electron chi connectivity index (χ1n) is 7.71. The van der Waals surface area contributed by atoms with Crippen molar-refractivity contribution in [2.24, 2.45) is 0 Å². The van der Waals surface area contributed by atoms with Crippen LogP contribution >= 0.6 is 11.6 Å². The molecular formula is C18H16ClN3O3. The molecule has 1 fully saturated rings. The highest BCUT2D eigenvalue weighted by molar-refractivity contribution is 6.30. The lowest BCUT2D eigenvalue weighted by molar-refractivity contribution is -0.121. The number of nitrogens with zero attached hydrogens (tertiary/aromatic N) is 1. The Hall–Kier alpha value is -2.70. The molecule has 3 amide bonds. The van der Waals surface area contributed by atoms with Crippen molar-refractivity contribution in [2.75, 3.05) is 4.90 Å². The number of aryl methyl sites for hydroxylation is 1. The second-order valence-corrected chi connectivity index (χ2v) is 6.15. The van der Waals surface area contributed by atoms with Gasteiger partial charge >= 0.3 is 0 Å².